The van der Waals surface area contributed by atoms with Crippen LogP contribution < -0.4 is 5.46 Å². The van der Waals surface area contributed by atoms with E-state index in [2.05, 4.69) is 16.5 Å². The molecule has 3 aromatic carbocycles. The van der Waals surface area contributed by atoms with E-state index in [1.165, 1.54) is 12.1 Å². The van der Waals surface area contributed by atoms with Crippen molar-refractivity contribution in [2.75, 3.05) is 5.75 Å². The number of carbonyl (C=O) groups is 1. The molecule has 258 valence electrons. The Bertz CT molecular complexity index is 1870. The highest BCUT2D eigenvalue weighted by molar-refractivity contribution is 7.99. The molecular formula is C39H42BFN4O4S. The standard InChI is InChI=1S/C39H42BFN4O4S/c1-5-24-50-38-42-22-20-33(43-38)36-35(27-16-18-30(41)19-17-27)44-37(28-12-8-6-9-13-28)45(36)23-21-31-25-32(26-34(46)47-39(2,3)4)49-40(48-31)29-14-10-7-11-15-29/h6-20,22,31-32H,5,21,23-26H2,1-4H3. The summed E-state index contributed by atoms with van der Waals surface area (Å²) in [7, 11) is -0.631. The molecule has 6 rings (SSSR count). The van der Waals surface area contributed by atoms with Gasteiger partial charge in [0.15, 0.2) is 5.16 Å². The lowest BCUT2D eigenvalue weighted by Crippen LogP contribution is -2.49. The van der Waals surface area contributed by atoms with Gasteiger partial charge < -0.3 is 18.6 Å². The number of hydrogen-bond acceptors (Lipinski definition) is 8. The summed E-state index contributed by atoms with van der Waals surface area (Å²) < 4.78 is 34.9. The topological polar surface area (TPSA) is 88.4 Å². The Morgan fingerprint density at radius 1 is 0.940 bits per heavy atom. The number of thioether (sulfide) groups is 1. The molecule has 0 aliphatic carbocycles. The van der Waals surface area contributed by atoms with Crippen molar-refractivity contribution in [3.8, 4) is 34.0 Å². The average Bonchev–Trinajstić information content (AvgIpc) is 3.49. The number of hydrogen-bond donors (Lipinski definition) is 0. The van der Waals surface area contributed by atoms with Gasteiger partial charge in [0, 0.05) is 35.7 Å². The van der Waals surface area contributed by atoms with Crippen molar-refractivity contribution in [2.45, 2.75) is 82.9 Å². The molecule has 8 nitrogen and oxygen atoms in total. The van der Waals surface area contributed by atoms with E-state index < -0.39 is 12.7 Å². The maximum absolute atomic E-state index is 14.1. The van der Waals surface area contributed by atoms with Crippen LogP contribution in [0.15, 0.2) is 102 Å². The summed E-state index contributed by atoms with van der Waals surface area (Å²) in [5, 5.41) is 0.687. The van der Waals surface area contributed by atoms with Crippen molar-refractivity contribution in [3.05, 3.63) is 103 Å². The summed E-state index contributed by atoms with van der Waals surface area (Å²) in [5.41, 5.74) is 4.25. The third kappa shape index (κ3) is 9.07. The van der Waals surface area contributed by atoms with Crippen molar-refractivity contribution >= 4 is 30.3 Å². The van der Waals surface area contributed by atoms with E-state index in [-0.39, 0.29) is 30.4 Å². The van der Waals surface area contributed by atoms with Crippen molar-refractivity contribution in [3.63, 3.8) is 0 Å². The quantitative estimate of drug-likeness (QED) is 0.0563. The molecule has 1 aliphatic heterocycles. The summed E-state index contributed by atoms with van der Waals surface area (Å²) in [6.07, 6.45) is 3.39. The van der Waals surface area contributed by atoms with Crippen LogP contribution in [0, 0.1) is 5.82 Å². The van der Waals surface area contributed by atoms with Gasteiger partial charge in [-0.1, -0.05) is 79.3 Å². The summed E-state index contributed by atoms with van der Waals surface area (Å²) in [4.78, 5) is 27.6. The van der Waals surface area contributed by atoms with Gasteiger partial charge in [-0.15, -0.1) is 0 Å². The lowest BCUT2D eigenvalue weighted by atomic mass is 9.76. The summed E-state index contributed by atoms with van der Waals surface area (Å²) in [6.45, 7) is 8.24. The minimum Gasteiger partial charge on any atom is -0.460 e. The fraction of sp³-hybridized carbons (Fsp3) is 0.333. The molecule has 50 heavy (non-hydrogen) atoms. The van der Waals surface area contributed by atoms with Gasteiger partial charge in [-0.25, -0.2) is 19.3 Å². The van der Waals surface area contributed by atoms with E-state index in [4.69, 9.17) is 24.0 Å². The average molecular weight is 693 g/mol. The van der Waals surface area contributed by atoms with Gasteiger partial charge in [0.2, 0.25) is 0 Å². The van der Waals surface area contributed by atoms with Crippen molar-refractivity contribution in [2.24, 2.45) is 0 Å². The van der Waals surface area contributed by atoms with Gasteiger partial charge in [0.05, 0.1) is 29.6 Å². The zero-order valence-electron chi connectivity index (χ0n) is 28.9. The second-order valence-electron chi connectivity index (χ2n) is 13.3. The Kier molecular flexibility index (Phi) is 11.5. The highest BCUT2D eigenvalue weighted by Crippen LogP contribution is 2.37. The van der Waals surface area contributed by atoms with Crippen molar-refractivity contribution < 1.29 is 23.2 Å². The van der Waals surface area contributed by atoms with Gasteiger partial charge in [0.1, 0.15) is 17.2 Å². The maximum atomic E-state index is 14.1. The number of imidazole rings is 1. The summed E-state index contributed by atoms with van der Waals surface area (Å²) >= 11 is 1.61. The largest absolute Gasteiger partial charge is 0.494 e. The van der Waals surface area contributed by atoms with E-state index in [0.29, 0.717) is 30.2 Å². The SMILES string of the molecule is CCCSc1nccc(-c2c(-c3ccc(F)cc3)nc(-c3ccccc3)n2CCC2CC(CC(=O)OC(C)(C)C)OB(c3ccccc3)O2)n1. The highest BCUT2D eigenvalue weighted by atomic mass is 32.2. The molecule has 5 aromatic rings. The van der Waals surface area contributed by atoms with Crippen LogP contribution >= 0.6 is 11.8 Å². The predicted octanol–water partition coefficient (Wildman–Crippen LogP) is 8.01. The third-order valence-electron chi connectivity index (χ3n) is 8.15. The molecule has 0 N–H and O–H groups in total. The molecule has 2 unspecified atom stereocenters. The second-order valence-corrected chi connectivity index (χ2v) is 14.4. The molecule has 1 aliphatic rings. The lowest BCUT2D eigenvalue weighted by Gasteiger charge is -2.35. The molecular weight excluding hydrogens is 650 g/mol. The van der Waals surface area contributed by atoms with Crippen LogP contribution in [0.5, 0.6) is 0 Å². The third-order valence-corrected chi connectivity index (χ3v) is 9.21. The molecule has 3 heterocycles. The second kappa shape index (κ2) is 16.1. The first-order chi connectivity index (χ1) is 24.2. The van der Waals surface area contributed by atoms with Gasteiger partial charge in [-0.3, -0.25) is 4.79 Å². The van der Waals surface area contributed by atoms with Gasteiger partial charge in [-0.05, 0) is 75.8 Å². The highest BCUT2D eigenvalue weighted by Gasteiger charge is 2.37. The van der Waals surface area contributed by atoms with Crippen LogP contribution in [-0.4, -0.2) is 56.2 Å². The first kappa shape index (κ1) is 35.5. The number of benzene rings is 3. The number of esters is 1. The Labute approximate surface area is 298 Å². The normalized spacial score (nSPS) is 16.4. The van der Waals surface area contributed by atoms with E-state index in [1.807, 2.05) is 87.5 Å². The van der Waals surface area contributed by atoms with Crippen LogP contribution in [-0.2, 0) is 25.4 Å². The smallest absolute Gasteiger partial charge is 0.460 e. The number of carbonyl (C=O) groups excluding carboxylic acids is 1. The summed E-state index contributed by atoms with van der Waals surface area (Å²) in [6, 6.07) is 28.1. The zero-order chi connectivity index (χ0) is 35.1. The van der Waals surface area contributed by atoms with E-state index in [0.717, 1.165) is 46.0 Å². The predicted molar refractivity (Wildman–Crippen MR) is 196 cm³/mol. The molecule has 2 atom stereocenters. The zero-order valence-corrected chi connectivity index (χ0v) is 29.7. The molecule has 0 saturated carbocycles. The van der Waals surface area contributed by atoms with E-state index in [9.17, 15) is 9.18 Å². The van der Waals surface area contributed by atoms with Crippen LogP contribution in [0.25, 0.3) is 34.0 Å². The molecule has 11 heteroatoms. The van der Waals surface area contributed by atoms with Gasteiger partial charge in [0.25, 0.3) is 0 Å². The Hall–Kier alpha value is -4.32. The molecule has 1 fully saturated rings. The fourth-order valence-electron chi connectivity index (χ4n) is 6.00. The number of nitrogens with zero attached hydrogens (tertiary/aromatic N) is 4. The fourth-order valence-corrected chi connectivity index (χ4v) is 6.68. The Balaban J connectivity index is 1.39. The maximum Gasteiger partial charge on any atom is 0.494 e. The molecule has 2 aromatic heterocycles. The van der Waals surface area contributed by atoms with Crippen LogP contribution in [0.3, 0.4) is 0 Å². The molecule has 0 spiro atoms. The molecule has 0 bridgehead atoms. The molecule has 0 radical (unpaired) electrons. The van der Waals surface area contributed by atoms with E-state index in [1.54, 1.807) is 30.1 Å². The van der Waals surface area contributed by atoms with Gasteiger partial charge in [-0.2, -0.15) is 0 Å². The number of rotatable bonds is 12. The van der Waals surface area contributed by atoms with Crippen molar-refractivity contribution in [1.29, 1.82) is 0 Å². The van der Waals surface area contributed by atoms with Gasteiger partial charge >= 0.3 is 13.1 Å². The number of aromatic nitrogens is 4. The minimum atomic E-state index is -0.631. The van der Waals surface area contributed by atoms with E-state index >= 15 is 0 Å². The monoisotopic (exact) mass is 692 g/mol. The van der Waals surface area contributed by atoms with Crippen LogP contribution in [0.2, 0.25) is 0 Å². The number of ether oxygens (including phenoxy) is 1. The molecule has 1 saturated heterocycles. The van der Waals surface area contributed by atoms with Crippen LogP contribution in [0.4, 0.5) is 4.39 Å². The first-order valence-corrected chi connectivity index (χ1v) is 18.1. The number of halogens is 1. The first-order valence-electron chi connectivity index (χ1n) is 17.1. The molecule has 0 amide bonds. The Morgan fingerprint density at radius 2 is 1.64 bits per heavy atom. The minimum absolute atomic E-state index is 0.125. The Morgan fingerprint density at radius 3 is 2.34 bits per heavy atom. The summed E-state index contributed by atoms with van der Waals surface area (Å²) in [5.74, 6) is 1.04. The van der Waals surface area contributed by atoms with Crippen LogP contribution in [0.1, 0.15) is 53.4 Å². The van der Waals surface area contributed by atoms with Crippen molar-refractivity contribution in [1.82, 2.24) is 19.5 Å². The lowest BCUT2D eigenvalue weighted by molar-refractivity contribution is -0.157.